The van der Waals surface area contributed by atoms with E-state index in [9.17, 15) is 4.79 Å². The monoisotopic (exact) mass is 217 g/mol. The van der Waals surface area contributed by atoms with Crippen molar-refractivity contribution in [3.63, 3.8) is 0 Å². The molecule has 0 atom stereocenters. The third-order valence-corrected chi connectivity index (χ3v) is 3.01. The summed E-state index contributed by atoms with van der Waals surface area (Å²) in [6, 6.07) is 0. The molecule has 0 spiro atoms. The molecule has 3 nitrogen and oxygen atoms in total. The summed E-state index contributed by atoms with van der Waals surface area (Å²) in [6.07, 6.45) is 0. The Labute approximate surface area is 90.0 Å². The van der Waals surface area contributed by atoms with E-state index >= 15 is 0 Å². The molecule has 4 heteroatoms. The van der Waals surface area contributed by atoms with Gasteiger partial charge >= 0.3 is 5.97 Å². The van der Waals surface area contributed by atoms with Crippen LogP contribution in [0.5, 0.6) is 0 Å². The van der Waals surface area contributed by atoms with Gasteiger partial charge in [-0.15, -0.1) is 11.8 Å². The second-order valence-electron chi connectivity index (χ2n) is 4.63. The molecule has 14 heavy (non-hydrogen) atoms. The minimum absolute atomic E-state index is 0.102. The van der Waals surface area contributed by atoms with Crippen molar-refractivity contribution >= 4 is 17.7 Å². The zero-order chi connectivity index (χ0) is 10.6. The summed E-state index contributed by atoms with van der Waals surface area (Å²) in [5.74, 6) is 2.19. The molecule has 0 aromatic carbocycles. The van der Waals surface area contributed by atoms with Gasteiger partial charge < -0.3 is 10.1 Å². The number of ether oxygens (including phenoxy) is 1. The maximum Gasteiger partial charge on any atom is 0.316 e. The van der Waals surface area contributed by atoms with Crippen LogP contribution in [-0.2, 0) is 9.53 Å². The first-order valence-electron chi connectivity index (χ1n) is 4.98. The van der Waals surface area contributed by atoms with E-state index in [0.717, 1.165) is 24.8 Å². The molecule has 0 saturated carbocycles. The Morgan fingerprint density at radius 1 is 1.50 bits per heavy atom. The van der Waals surface area contributed by atoms with E-state index in [-0.39, 0.29) is 11.6 Å². The van der Waals surface area contributed by atoms with Crippen molar-refractivity contribution in [2.75, 3.05) is 24.6 Å². The van der Waals surface area contributed by atoms with Gasteiger partial charge in [0, 0.05) is 0 Å². The molecule has 1 heterocycles. The van der Waals surface area contributed by atoms with E-state index < -0.39 is 0 Å². The molecule has 0 aliphatic carbocycles. The van der Waals surface area contributed by atoms with Gasteiger partial charge in [-0.2, -0.15) is 0 Å². The second kappa shape index (κ2) is 5.03. The first-order chi connectivity index (χ1) is 6.47. The van der Waals surface area contributed by atoms with Gasteiger partial charge in [-0.25, -0.2) is 0 Å². The Hall–Kier alpha value is -0.220. The summed E-state index contributed by atoms with van der Waals surface area (Å²) in [5.41, 5.74) is -0.352. The molecule has 0 aromatic heterocycles. The molecule has 1 aliphatic rings. The van der Waals surface area contributed by atoms with Gasteiger partial charge in [-0.05, 0) is 45.5 Å². The predicted molar refractivity (Wildman–Crippen MR) is 59.5 cm³/mol. The van der Waals surface area contributed by atoms with Crippen LogP contribution in [0.2, 0.25) is 0 Å². The van der Waals surface area contributed by atoms with Crippen LogP contribution in [-0.4, -0.2) is 36.2 Å². The van der Waals surface area contributed by atoms with Crippen molar-refractivity contribution in [2.24, 2.45) is 5.92 Å². The van der Waals surface area contributed by atoms with Crippen LogP contribution in [0.25, 0.3) is 0 Å². The minimum atomic E-state index is -0.352. The topological polar surface area (TPSA) is 38.3 Å². The average Bonchev–Trinajstić information content (AvgIpc) is 1.90. The molecule has 0 amide bonds. The van der Waals surface area contributed by atoms with Crippen molar-refractivity contribution in [3.8, 4) is 0 Å². The SMILES string of the molecule is CC(C)(C)OC(=O)CSCC1CNC1. The smallest absolute Gasteiger partial charge is 0.316 e. The highest BCUT2D eigenvalue weighted by Gasteiger charge is 2.19. The van der Waals surface area contributed by atoms with Crippen LogP contribution in [0.4, 0.5) is 0 Å². The van der Waals surface area contributed by atoms with Crippen molar-refractivity contribution in [2.45, 2.75) is 26.4 Å². The largest absolute Gasteiger partial charge is 0.459 e. The maximum atomic E-state index is 11.3. The molecule has 1 aliphatic heterocycles. The van der Waals surface area contributed by atoms with Crippen LogP contribution in [0.15, 0.2) is 0 Å². The van der Waals surface area contributed by atoms with Crippen LogP contribution in [0.1, 0.15) is 20.8 Å². The number of rotatable bonds is 4. The Morgan fingerprint density at radius 3 is 2.57 bits per heavy atom. The lowest BCUT2D eigenvalue weighted by Crippen LogP contribution is -2.43. The van der Waals surface area contributed by atoms with E-state index in [1.165, 1.54) is 0 Å². The van der Waals surface area contributed by atoms with Crippen LogP contribution in [0, 0.1) is 5.92 Å². The summed E-state index contributed by atoms with van der Waals surface area (Å²) >= 11 is 1.67. The molecule has 1 N–H and O–H groups in total. The summed E-state index contributed by atoms with van der Waals surface area (Å²) in [7, 11) is 0. The third-order valence-electron chi connectivity index (χ3n) is 1.86. The Balaban J connectivity index is 2.02. The minimum Gasteiger partial charge on any atom is -0.459 e. The fourth-order valence-electron chi connectivity index (χ4n) is 1.15. The number of thioether (sulfide) groups is 1. The Morgan fingerprint density at radius 2 is 2.14 bits per heavy atom. The highest BCUT2D eigenvalue weighted by molar-refractivity contribution is 7.99. The highest BCUT2D eigenvalue weighted by atomic mass is 32.2. The number of carbonyl (C=O) groups excluding carboxylic acids is 1. The fourth-order valence-corrected chi connectivity index (χ4v) is 2.06. The number of carbonyl (C=O) groups is 1. The van der Waals surface area contributed by atoms with Gasteiger partial charge in [0.2, 0.25) is 0 Å². The molecule has 0 radical (unpaired) electrons. The lowest BCUT2D eigenvalue weighted by Gasteiger charge is -2.26. The predicted octanol–water partition coefficient (Wildman–Crippen LogP) is 1.28. The molecule has 1 fully saturated rings. The normalized spacial score (nSPS) is 17.6. The van der Waals surface area contributed by atoms with Crippen LogP contribution >= 0.6 is 11.8 Å². The lowest BCUT2D eigenvalue weighted by molar-refractivity contribution is -0.151. The summed E-state index contributed by atoms with van der Waals surface area (Å²) in [5, 5.41) is 3.21. The molecule has 0 unspecified atom stereocenters. The first-order valence-corrected chi connectivity index (χ1v) is 6.13. The van der Waals surface area contributed by atoms with Crippen molar-refractivity contribution < 1.29 is 9.53 Å². The fraction of sp³-hybridized carbons (Fsp3) is 0.900. The van der Waals surface area contributed by atoms with Crippen molar-refractivity contribution in [3.05, 3.63) is 0 Å². The lowest BCUT2D eigenvalue weighted by atomic mass is 10.1. The molecule has 0 aromatic rings. The number of esters is 1. The second-order valence-corrected chi connectivity index (χ2v) is 5.66. The Kier molecular flexibility index (Phi) is 4.26. The van der Waals surface area contributed by atoms with Gasteiger partial charge in [0.25, 0.3) is 0 Å². The molecular formula is C10H19NO2S. The van der Waals surface area contributed by atoms with Crippen molar-refractivity contribution in [1.82, 2.24) is 5.32 Å². The number of hydrogen-bond donors (Lipinski definition) is 1. The molecule has 82 valence electrons. The summed E-state index contributed by atoms with van der Waals surface area (Å²) in [4.78, 5) is 11.3. The van der Waals surface area contributed by atoms with Crippen LogP contribution < -0.4 is 5.32 Å². The van der Waals surface area contributed by atoms with Crippen molar-refractivity contribution in [1.29, 1.82) is 0 Å². The maximum absolute atomic E-state index is 11.3. The van der Waals surface area contributed by atoms with Gasteiger partial charge in [0.1, 0.15) is 5.60 Å². The average molecular weight is 217 g/mol. The van der Waals surface area contributed by atoms with Gasteiger partial charge in [-0.1, -0.05) is 0 Å². The van der Waals surface area contributed by atoms with Gasteiger partial charge in [-0.3, -0.25) is 4.79 Å². The Bertz CT molecular complexity index is 197. The zero-order valence-corrected chi connectivity index (χ0v) is 9.95. The van der Waals surface area contributed by atoms with E-state index in [1.807, 2.05) is 20.8 Å². The third kappa shape index (κ3) is 4.86. The van der Waals surface area contributed by atoms with Crippen LogP contribution in [0.3, 0.4) is 0 Å². The standard InChI is InChI=1S/C10H19NO2S/c1-10(2,3)13-9(12)7-14-6-8-4-11-5-8/h8,11H,4-7H2,1-3H3. The number of hydrogen-bond acceptors (Lipinski definition) is 4. The van der Waals surface area contributed by atoms with E-state index in [0.29, 0.717) is 5.75 Å². The van der Waals surface area contributed by atoms with E-state index in [2.05, 4.69) is 5.32 Å². The highest BCUT2D eigenvalue weighted by Crippen LogP contribution is 2.14. The summed E-state index contributed by atoms with van der Waals surface area (Å²) in [6.45, 7) is 7.88. The van der Waals surface area contributed by atoms with E-state index in [4.69, 9.17) is 4.74 Å². The molecule has 0 bridgehead atoms. The number of nitrogens with one attached hydrogen (secondary N) is 1. The molecular weight excluding hydrogens is 198 g/mol. The zero-order valence-electron chi connectivity index (χ0n) is 9.13. The van der Waals surface area contributed by atoms with E-state index in [1.54, 1.807) is 11.8 Å². The molecule has 1 saturated heterocycles. The summed E-state index contributed by atoms with van der Waals surface area (Å²) < 4.78 is 5.20. The van der Waals surface area contributed by atoms with Gasteiger partial charge in [0.05, 0.1) is 5.75 Å². The quantitative estimate of drug-likeness (QED) is 0.720. The van der Waals surface area contributed by atoms with Gasteiger partial charge in [0.15, 0.2) is 0 Å². The first kappa shape index (κ1) is 11.9. The molecule has 1 rings (SSSR count).